The van der Waals surface area contributed by atoms with Gasteiger partial charge in [0.2, 0.25) is 5.91 Å². The molecule has 1 aliphatic rings. The number of fused-ring (bicyclic) bond motifs is 1. The fourth-order valence-corrected chi connectivity index (χ4v) is 5.43. The van der Waals surface area contributed by atoms with E-state index < -0.39 is 10.0 Å². The van der Waals surface area contributed by atoms with Gasteiger partial charge in [-0.2, -0.15) is 0 Å². The molecule has 0 bridgehead atoms. The molecule has 0 aliphatic carbocycles. The van der Waals surface area contributed by atoms with Crippen molar-refractivity contribution in [2.75, 3.05) is 23.8 Å². The molecule has 0 spiro atoms. The van der Waals surface area contributed by atoms with E-state index in [1.54, 1.807) is 18.2 Å². The number of ether oxygens (including phenoxy) is 2. The standard InChI is InChI=1S/C19H21BrN2O5S/c1-11-7-13-8-14(20)9-18(19(13)22(11)12(2)23)28(24,25)21-16-6-5-15(26-3)10-17(16)27-4/h5-6,8-11,21H,7H2,1-4H3. The van der Waals surface area contributed by atoms with E-state index in [2.05, 4.69) is 20.7 Å². The molecule has 1 heterocycles. The quantitative estimate of drug-likeness (QED) is 0.724. The third-order valence-electron chi connectivity index (χ3n) is 4.60. The van der Waals surface area contributed by atoms with E-state index in [0.29, 0.717) is 28.1 Å². The first-order valence-electron chi connectivity index (χ1n) is 8.55. The highest BCUT2D eigenvalue weighted by Gasteiger charge is 2.35. The fraction of sp³-hybridized carbons (Fsp3) is 0.316. The number of benzene rings is 2. The van der Waals surface area contributed by atoms with Crippen LogP contribution >= 0.6 is 15.9 Å². The number of carbonyl (C=O) groups is 1. The highest BCUT2D eigenvalue weighted by molar-refractivity contribution is 9.10. The van der Waals surface area contributed by atoms with E-state index in [-0.39, 0.29) is 22.5 Å². The predicted molar refractivity (Wildman–Crippen MR) is 111 cm³/mol. The monoisotopic (exact) mass is 468 g/mol. The number of hydrogen-bond acceptors (Lipinski definition) is 5. The number of amides is 1. The Morgan fingerprint density at radius 3 is 2.54 bits per heavy atom. The van der Waals surface area contributed by atoms with E-state index in [1.165, 1.54) is 32.1 Å². The van der Waals surface area contributed by atoms with Crippen molar-refractivity contribution in [3.8, 4) is 11.5 Å². The first-order chi connectivity index (χ1) is 13.2. The Morgan fingerprint density at radius 2 is 1.93 bits per heavy atom. The average Bonchev–Trinajstić information content (AvgIpc) is 2.96. The molecule has 1 aliphatic heterocycles. The van der Waals surface area contributed by atoms with Crippen LogP contribution in [0.2, 0.25) is 0 Å². The summed E-state index contributed by atoms with van der Waals surface area (Å²) >= 11 is 3.38. The number of rotatable bonds is 5. The van der Waals surface area contributed by atoms with Crippen molar-refractivity contribution in [2.24, 2.45) is 0 Å². The van der Waals surface area contributed by atoms with E-state index in [4.69, 9.17) is 9.47 Å². The summed E-state index contributed by atoms with van der Waals surface area (Å²) in [5.74, 6) is 0.665. The van der Waals surface area contributed by atoms with Gasteiger partial charge in [-0.15, -0.1) is 0 Å². The third-order valence-corrected chi connectivity index (χ3v) is 6.43. The van der Waals surface area contributed by atoms with Crippen LogP contribution in [0.15, 0.2) is 39.7 Å². The first kappa shape index (κ1) is 20.5. The van der Waals surface area contributed by atoms with Gasteiger partial charge in [-0.3, -0.25) is 9.52 Å². The molecule has 3 rings (SSSR count). The molecule has 28 heavy (non-hydrogen) atoms. The summed E-state index contributed by atoms with van der Waals surface area (Å²) in [6, 6.07) is 8.03. The van der Waals surface area contributed by atoms with E-state index >= 15 is 0 Å². The van der Waals surface area contributed by atoms with E-state index in [0.717, 1.165) is 5.56 Å². The minimum atomic E-state index is -4.00. The predicted octanol–water partition coefficient (Wildman–Crippen LogP) is 3.56. The Labute approximate surface area is 172 Å². The average molecular weight is 469 g/mol. The summed E-state index contributed by atoms with van der Waals surface area (Å²) in [6.45, 7) is 3.33. The Hall–Kier alpha value is -2.26. The number of halogens is 1. The zero-order valence-electron chi connectivity index (χ0n) is 15.9. The van der Waals surface area contributed by atoms with E-state index in [1.807, 2.05) is 13.0 Å². The second-order valence-electron chi connectivity index (χ2n) is 6.53. The van der Waals surface area contributed by atoms with Crippen LogP contribution in [0.3, 0.4) is 0 Å². The van der Waals surface area contributed by atoms with Crippen molar-refractivity contribution in [3.05, 3.63) is 40.4 Å². The van der Waals surface area contributed by atoms with Gasteiger partial charge in [-0.1, -0.05) is 15.9 Å². The number of anilines is 2. The zero-order valence-corrected chi connectivity index (χ0v) is 18.3. The van der Waals surface area contributed by atoms with Crippen molar-refractivity contribution in [1.29, 1.82) is 0 Å². The lowest BCUT2D eigenvalue weighted by Crippen LogP contribution is -2.34. The van der Waals surface area contributed by atoms with Crippen molar-refractivity contribution >= 4 is 43.2 Å². The van der Waals surface area contributed by atoms with Crippen LogP contribution in [-0.2, 0) is 21.2 Å². The molecule has 1 N–H and O–H groups in total. The highest BCUT2D eigenvalue weighted by Crippen LogP contribution is 2.41. The maximum absolute atomic E-state index is 13.3. The minimum Gasteiger partial charge on any atom is -0.497 e. The molecule has 1 amide bonds. The normalized spacial score (nSPS) is 15.9. The molecule has 2 aromatic rings. The number of hydrogen-bond donors (Lipinski definition) is 1. The van der Waals surface area contributed by atoms with Crippen LogP contribution < -0.4 is 19.1 Å². The zero-order chi connectivity index (χ0) is 20.6. The lowest BCUT2D eigenvalue weighted by atomic mass is 10.1. The fourth-order valence-electron chi connectivity index (χ4n) is 3.44. The van der Waals surface area contributed by atoms with Crippen LogP contribution in [0.4, 0.5) is 11.4 Å². The number of methoxy groups -OCH3 is 2. The lowest BCUT2D eigenvalue weighted by molar-refractivity contribution is -0.116. The van der Waals surface area contributed by atoms with Gasteiger partial charge in [0.1, 0.15) is 16.4 Å². The smallest absolute Gasteiger partial charge is 0.264 e. The third kappa shape index (κ3) is 3.68. The van der Waals surface area contributed by atoms with Gasteiger partial charge in [0, 0.05) is 23.5 Å². The maximum atomic E-state index is 13.3. The summed E-state index contributed by atoms with van der Waals surface area (Å²) in [4.78, 5) is 13.7. The second-order valence-corrected chi connectivity index (χ2v) is 9.09. The van der Waals surface area contributed by atoms with Gasteiger partial charge < -0.3 is 14.4 Å². The van der Waals surface area contributed by atoms with Gasteiger partial charge in [0.25, 0.3) is 10.0 Å². The van der Waals surface area contributed by atoms with Crippen molar-refractivity contribution in [1.82, 2.24) is 0 Å². The molecule has 150 valence electrons. The molecular formula is C19H21BrN2O5S. The lowest BCUT2D eigenvalue weighted by Gasteiger charge is -2.23. The molecule has 1 atom stereocenters. The van der Waals surface area contributed by atoms with Crippen molar-refractivity contribution in [2.45, 2.75) is 31.2 Å². The molecule has 2 aromatic carbocycles. The number of nitrogens with one attached hydrogen (secondary N) is 1. The molecule has 0 fully saturated rings. The van der Waals surface area contributed by atoms with Crippen LogP contribution in [0.1, 0.15) is 19.4 Å². The molecule has 9 heteroatoms. The Balaban J connectivity index is 2.11. The van der Waals surface area contributed by atoms with E-state index in [9.17, 15) is 13.2 Å². The minimum absolute atomic E-state index is 0.0364. The molecule has 0 aromatic heterocycles. The maximum Gasteiger partial charge on any atom is 0.264 e. The number of sulfonamides is 1. The SMILES string of the molecule is COc1ccc(NS(=O)(=O)c2cc(Br)cc3c2N(C(C)=O)C(C)C3)c(OC)c1. The molecule has 0 radical (unpaired) electrons. The van der Waals surface area contributed by atoms with Crippen molar-refractivity contribution in [3.63, 3.8) is 0 Å². The highest BCUT2D eigenvalue weighted by atomic mass is 79.9. The Bertz CT molecular complexity index is 1040. The van der Waals surface area contributed by atoms with Crippen LogP contribution in [0.25, 0.3) is 0 Å². The molecule has 0 saturated heterocycles. The van der Waals surface area contributed by atoms with Gasteiger partial charge in [-0.05, 0) is 43.2 Å². The molecule has 7 nitrogen and oxygen atoms in total. The van der Waals surface area contributed by atoms with Gasteiger partial charge in [0.15, 0.2) is 0 Å². The summed E-state index contributed by atoms with van der Waals surface area (Å²) in [5, 5.41) is 0. The molecular weight excluding hydrogens is 448 g/mol. The van der Waals surface area contributed by atoms with Gasteiger partial charge in [0.05, 0.1) is 25.6 Å². The topological polar surface area (TPSA) is 84.9 Å². The Kier molecular flexibility index (Phi) is 5.58. The Morgan fingerprint density at radius 1 is 1.21 bits per heavy atom. The van der Waals surface area contributed by atoms with Gasteiger partial charge in [-0.25, -0.2) is 8.42 Å². The summed E-state index contributed by atoms with van der Waals surface area (Å²) in [5.41, 5.74) is 1.50. The number of nitrogens with zero attached hydrogens (tertiary/aromatic N) is 1. The van der Waals surface area contributed by atoms with Crippen LogP contribution in [0, 0.1) is 0 Å². The van der Waals surface area contributed by atoms with Crippen molar-refractivity contribution < 1.29 is 22.7 Å². The molecule has 1 unspecified atom stereocenters. The first-order valence-corrected chi connectivity index (χ1v) is 10.8. The van der Waals surface area contributed by atoms with Crippen LogP contribution in [0.5, 0.6) is 11.5 Å². The summed E-state index contributed by atoms with van der Waals surface area (Å²) in [7, 11) is -1.04. The number of carbonyl (C=O) groups excluding carboxylic acids is 1. The summed E-state index contributed by atoms with van der Waals surface area (Å²) in [6.07, 6.45) is 0.586. The molecule has 0 saturated carbocycles. The van der Waals surface area contributed by atoms with Crippen LogP contribution in [-0.4, -0.2) is 34.6 Å². The summed E-state index contributed by atoms with van der Waals surface area (Å²) < 4.78 is 40.1. The van der Waals surface area contributed by atoms with Gasteiger partial charge >= 0.3 is 0 Å². The largest absolute Gasteiger partial charge is 0.497 e. The second kappa shape index (κ2) is 7.63.